The minimum Gasteiger partial charge on any atom is -0.492 e. The maximum Gasteiger partial charge on any atom is 0.119 e. The molecule has 0 spiro atoms. The molecule has 1 aromatic carbocycles. The Kier molecular flexibility index (Phi) is 8.43. The van der Waals surface area contributed by atoms with E-state index in [1.54, 1.807) is 0 Å². The number of nitrogens with one attached hydrogen (secondary N) is 1. The molecule has 2 N–H and O–H groups in total. The Morgan fingerprint density at radius 2 is 2.22 bits per heavy atom. The molecule has 0 aliphatic carbocycles. The van der Waals surface area contributed by atoms with E-state index in [0.717, 1.165) is 51.1 Å². The lowest BCUT2D eigenvalue weighted by atomic mass is 10.1. The lowest BCUT2D eigenvalue weighted by Gasteiger charge is -2.32. The number of benzene rings is 1. The Labute approximate surface area is 140 Å². The summed E-state index contributed by atoms with van der Waals surface area (Å²) in [5.41, 5.74) is 1.33. The molecule has 1 saturated heterocycles. The van der Waals surface area contributed by atoms with Gasteiger partial charge in [-0.15, -0.1) is 0 Å². The molecule has 1 fully saturated rings. The Bertz CT molecular complexity index is 439. The number of likely N-dealkylation sites (N-methyl/N-ethyl adjacent to an activating group) is 1. The summed E-state index contributed by atoms with van der Waals surface area (Å²) in [6, 6.07) is 9.07. The van der Waals surface area contributed by atoms with Gasteiger partial charge in [-0.25, -0.2) is 0 Å². The van der Waals surface area contributed by atoms with Crippen molar-refractivity contribution in [3.05, 3.63) is 29.8 Å². The first-order valence-electron chi connectivity index (χ1n) is 9.04. The maximum atomic E-state index is 8.82. The van der Waals surface area contributed by atoms with Crippen LogP contribution in [0.25, 0.3) is 0 Å². The quantitative estimate of drug-likeness (QED) is 0.650. The molecule has 4 heteroatoms. The Balaban J connectivity index is 1.68. The molecular weight excluding hydrogens is 288 g/mol. The Morgan fingerprint density at radius 3 is 3.04 bits per heavy atom. The number of rotatable bonds is 10. The smallest absolute Gasteiger partial charge is 0.119 e. The number of unbranched alkanes of at least 4 members (excludes halogenated alkanes) is 2. The monoisotopic (exact) mass is 320 g/mol. The molecule has 1 aromatic rings. The standard InChI is InChI=1S/C19H32N2O2/c1-20-18-9-6-11-21(16-18)12-14-23-19-10-5-8-17(15-19)7-3-2-4-13-22/h5,8,10,15,18,20,22H,2-4,6-7,9,11-14,16H2,1H3. The minimum absolute atomic E-state index is 0.300. The molecular formula is C19H32N2O2. The summed E-state index contributed by atoms with van der Waals surface area (Å²) in [5, 5.41) is 12.2. The van der Waals surface area contributed by atoms with Gasteiger partial charge < -0.3 is 15.2 Å². The molecule has 1 aliphatic rings. The van der Waals surface area contributed by atoms with Crippen LogP contribution in [0.15, 0.2) is 24.3 Å². The van der Waals surface area contributed by atoms with Gasteiger partial charge in [0, 0.05) is 25.7 Å². The van der Waals surface area contributed by atoms with Crippen LogP contribution in [-0.2, 0) is 6.42 Å². The summed E-state index contributed by atoms with van der Waals surface area (Å²) < 4.78 is 5.94. The molecule has 0 bridgehead atoms. The van der Waals surface area contributed by atoms with Gasteiger partial charge in [0.1, 0.15) is 12.4 Å². The van der Waals surface area contributed by atoms with Gasteiger partial charge in [0.25, 0.3) is 0 Å². The average molecular weight is 320 g/mol. The summed E-state index contributed by atoms with van der Waals surface area (Å²) in [4.78, 5) is 2.49. The molecule has 0 radical (unpaired) electrons. The van der Waals surface area contributed by atoms with Gasteiger partial charge in [0.2, 0.25) is 0 Å². The third-order valence-electron chi connectivity index (χ3n) is 4.61. The van der Waals surface area contributed by atoms with Gasteiger partial charge in [0.15, 0.2) is 0 Å². The molecule has 1 aliphatic heterocycles. The molecule has 23 heavy (non-hydrogen) atoms. The number of hydrogen-bond acceptors (Lipinski definition) is 4. The zero-order valence-corrected chi connectivity index (χ0v) is 14.5. The fraction of sp³-hybridized carbons (Fsp3) is 0.684. The van der Waals surface area contributed by atoms with Crippen LogP contribution in [0.5, 0.6) is 5.75 Å². The number of aliphatic hydroxyl groups is 1. The summed E-state index contributed by atoms with van der Waals surface area (Å²) in [7, 11) is 2.05. The summed E-state index contributed by atoms with van der Waals surface area (Å²) in [6.07, 6.45) is 6.74. The Hall–Kier alpha value is -1.10. The van der Waals surface area contributed by atoms with E-state index in [1.807, 2.05) is 6.07 Å². The highest BCUT2D eigenvalue weighted by molar-refractivity contribution is 5.28. The highest BCUT2D eigenvalue weighted by Crippen LogP contribution is 2.16. The zero-order valence-electron chi connectivity index (χ0n) is 14.5. The molecule has 0 saturated carbocycles. The van der Waals surface area contributed by atoms with Gasteiger partial charge in [-0.3, -0.25) is 4.90 Å². The molecule has 130 valence electrons. The van der Waals surface area contributed by atoms with Crippen molar-refractivity contribution in [2.24, 2.45) is 0 Å². The van der Waals surface area contributed by atoms with Crippen molar-refractivity contribution in [1.82, 2.24) is 10.2 Å². The highest BCUT2D eigenvalue weighted by Gasteiger charge is 2.17. The van der Waals surface area contributed by atoms with E-state index in [9.17, 15) is 0 Å². The fourth-order valence-electron chi connectivity index (χ4n) is 3.20. The highest BCUT2D eigenvalue weighted by atomic mass is 16.5. The third-order valence-corrected chi connectivity index (χ3v) is 4.61. The van der Waals surface area contributed by atoms with Crippen LogP contribution in [0.3, 0.4) is 0 Å². The van der Waals surface area contributed by atoms with E-state index in [4.69, 9.17) is 9.84 Å². The second-order valence-electron chi connectivity index (χ2n) is 6.46. The van der Waals surface area contributed by atoms with Crippen LogP contribution in [0.2, 0.25) is 0 Å². The number of nitrogens with zero attached hydrogens (tertiary/aromatic N) is 1. The van der Waals surface area contributed by atoms with Gasteiger partial charge in [-0.05, 0) is 63.4 Å². The van der Waals surface area contributed by atoms with Crippen molar-refractivity contribution < 1.29 is 9.84 Å². The number of piperidine rings is 1. The van der Waals surface area contributed by atoms with Crippen LogP contribution in [0.1, 0.15) is 37.7 Å². The fourth-order valence-corrected chi connectivity index (χ4v) is 3.20. The third kappa shape index (κ3) is 6.90. The van der Waals surface area contributed by atoms with Gasteiger partial charge >= 0.3 is 0 Å². The van der Waals surface area contributed by atoms with Crippen LogP contribution < -0.4 is 10.1 Å². The molecule has 4 nitrogen and oxygen atoms in total. The van der Waals surface area contributed by atoms with E-state index in [-0.39, 0.29) is 0 Å². The first-order valence-corrected chi connectivity index (χ1v) is 9.04. The lowest BCUT2D eigenvalue weighted by Crippen LogP contribution is -2.45. The van der Waals surface area contributed by atoms with Crippen LogP contribution in [0.4, 0.5) is 0 Å². The predicted molar refractivity (Wildman–Crippen MR) is 95.1 cm³/mol. The predicted octanol–water partition coefficient (Wildman–Crippen LogP) is 2.45. The zero-order chi connectivity index (χ0) is 16.3. The summed E-state index contributed by atoms with van der Waals surface area (Å²) in [5.74, 6) is 0.979. The van der Waals surface area contributed by atoms with E-state index in [0.29, 0.717) is 12.6 Å². The van der Waals surface area contributed by atoms with Crippen LogP contribution in [0, 0.1) is 0 Å². The van der Waals surface area contributed by atoms with E-state index in [2.05, 4.69) is 35.5 Å². The molecule has 1 heterocycles. The summed E-state index contributed by atoms with van der Waals surface area (Å²) >= 11 is 0. The molecule has 2 rings (SSSR count). The molecule has 1 atom stereocenters. The van der Waals surface area contributed by atoms with E-state index < -0.39 is 0 Å². The number of aryl methyl sites for hydroxylation is 1. The number of aliphatic hydroxyl groups excluding tert-OH is 1. The number of hydrogen-bond donors (Lipinski definition) is 2. The normalized spacial score (nSPS) is 19.0. The number of likely N-dealkylation sites (tertiary alicyclic amines) is 1. The van der Waals surface area contributed by atoms with E-state index in [1.165, 1.54) is 24.9 Å². The summed E-state index contributed by atoms with van der Waals surface area (Å²) in [6.45, 7) is 4.37. The lowest BCUT2D eigenvalue weighted by molar-refractivity contribution is 0.162. The second kappa shape index (κ2) is 10.6. The van der Waals surface area contributed by atoms with Crippen LogP contribution >= 0.6 is 0 Å². The maximum absolute atomic E-state index is 8.82. The van der Waals surface area contributed by atoms with Crippen molar-refractivity contribution in [2.75, 3.05) is 39.9 Å². The van der Waals surface area contributed by atoms with Gasteiger partial charge in [-0.1, -0.05) is 18.6 Å². The molecule has 0 aromatic heterocycles. The Morgan fingerprint density at radius 1 is 1.30 bits per heavy atom. The minimum atomic E-state index is 0.300. The molecule has 0 amide bonds. The van der Waals surface area contributed by atoms with E-state index >= 15 is 0 Å². The topological polar surface area (TPSA) is 44.7 Å². The SMILES string of the molecule is CNC1CCCN(CCOc2cccc(CCCCCO)c2)C1. The van der Waals surface area contributed by atoms with Crippen molar-refractivity contribution in [3.8, 4) is 5.75 Å². The molecule has 1 unspecified atom stereocenters. The van der Waals surface area contributed by atoms with Crippen molar-refractivity contribution in [3.63, 3.8) is 0 Å². The number of ether oxygens (including phenoxy) is 1. The van der Waals surface area contributed by atoms with Crippen LogP contribution in [-0.4, -0.2) is 55.9 Å². The first-order chi connectivity index (χ1) is 11.3. The van der Waals surface area contributed by atoms with Gasteiger partial charge in [-0.2, -0.15) is 0 Å². The van der Waals surface area contributed by atoms with Crippen molar-refractivity contribution >= 4 is 0 Å². The van der Waals surface area contributed by atoms with Crippen molar-refractivity contribution in [2.45, 2.75) is 44.6 Å². The largest absolute Gasteiger partial charge is 0.492 e. The average Bonchev–Trinajstić information content (AvgIpc) is 2.59. The van der Waals surface area contributed by atoms with Crippen molar-refractivity contribution in [1.29, 1.82) is 0 Å². The van der Waals surface area contributed by atoms with Gasteiger partial charge in [0.05, 0.1) is 0 Å². The first kappa shape index (κ1) is 18.2. The second-order valence-corrected chi connectivity index (χ2v) is 6.46.